The molecule has 6 heteroatoms. The first kappa shape index (κ1) is 19.6. The van der Waals surface area contributed by atoms with Gasteiger partial charge >= 0.3 is 0 Å². The van der Waals surface area contributed by atoms with Gasteiger partial charge in [-0.25, -0.2) is 0 Å². The number of hydrogen-bond acceptors (Lipinski definition) is 5. The summed E-state index contributed by atoms with van der Waals surface area (Å²) in [5.74, 6) is 1.40. The molecule has 0 atom stereocenters. The lowest BCUT2D eigenvalue weighted by Gasteiger charge is -2.19. The van der Waals surface area contributed by atoms with Crippen molar-refractivity contribution >= 4 is 34.6 Å². The molecule has 2 aliphatic rings. The van der Waals surface area contributed by atoms with Crippen LogP contribution in [-0.2, 0) is 11.2 Å². The van der Waals surface area contributed by atoms with Crippen molar-refractivity contribution in [3.63, 3.8) is 0 Å². The fraction of sp³-hybridized carbons (Fsp3) is 0.304. The molecule has 2 heterocycles. The smallest absolute Gasteiger partial charge is 0.271 e. The van der Waals surface area contributed by atoms with E-state index in [0.29, 0.717) is 23.9 Å². The van der Waals surface area contributed by atoms with Crippen LogP contribution >= 0.6 is 11.8 Å². The number of aryl methyl sites for hydroxylation is 1. The summed E-state index contributed by atoms with van der Waals surface area (Å²) >= 11 is 1.42. The second-order valence-corrected chi connectivity index (χ2v) is 8.15. The lowest BCUT2D eigenvalue weighted by molar-refractivity contribution is -0.113. The molecule has 0 N–H and O–H groups in total. The number of benzene rings is 2. The molecule has 4 rings (SSSR count). The van der Waals surface area contributed by atoms with Gasteiger partial charge in [0.25, 0.3) is 5.91 Å². The van der Waals surface area contributed by atoms with Crippen LogP contribution in [0.1, 0.15) is 31.9 Å². The molecule has 1 amide bonds. The van der Waals surface area contributed by atoms with Gasteiger partial charge < -0.3 is 9.47 Å². The lowest BCUT2D eigenvalue weighted by Crippen LogP contribution is -2.30. The predicted molar refractivity (Wildman–Crippen MR) is 119 cm³/mol. The average Bonchev–Trinajstić information content (AvgIpc) is 3.01. The minimum atomic E-state index is -0.0508. The molecule has 29 heavy (non-hydrogen) atoms. The van der Waals surface area contributed by atoms with E-state index >= 15 is 0 Å². The van der Waals surface area contributed by atoms with Gasteiger partial charge in [-0.1, -0.05) is 31.2 Å². The summed E-state index contributed by atoms with van der Waals surface area (Å²) in [7, 11) is 0. The standard InChI is InChI=1S/C23H24N2O3S/c1-4-17-7-5-6-8-18(17)25-22(26)21(29-23(25)24-15(2)3)14-16-9-10-19-20(13-16)28-12-11-27-19/h5-10,13-15H,4,11-12H2,1-3H3/b21-14-,24-23-. The summed E-state index contributed by atoms with van der Waals surface area (Å²) in [5.41, 5.74) is 2.93. The molecule has 2 aromatic carbocycles. The molecule has 2 aliphatic heterocycles. The maximum Gasteiger partial charge on any atom is 0.271 e. The third-order valence-corrected chi connectivity index (χ3v) is 5.64. The molecule has 2 aromatic rings. The Balaban J connectivity index is 1.73. The highest BCUT2D eigenvalue weighted by atomic mass is 32.2. The number of amidine groups is 1. The summed E-state index contributed by atoms with van der Waals surface area (Å²) < 4.78 is 11.3. The normalized spacial score (nSPS) is 18.9. The highest BCUT2D eigenvalue weighted by molar-refractivity contribution is 8.19. The molecule has 1 saturated heterocycles. The fourth-order valence-corrected chi connectivity index (χ4v) is 4.43. The first-order valence-electron chi connectivity index (χ1n) is 9.86. The van der Waals surface area contributed by atoms with Crippen LogP contribution in [0.15, 0.2) is 52.4 Å². The van der Waals surface area contributed by atoms with E-state index in [0.717, 1.165) is 34.2 Å². The van der Waals surface area contributed by atoms with Crippen molar-refractivity contribution in [1.82, 2.24) is 0 Å². The Bertz CT molecular complexity index is 997. The van der Waals surface area contributed by atoms with Gasteiger partial charge in [-0.2, -0.15) is 0 Å². The van der Waals surface area contributed by atoms with Gasteiger partial charge in [0, 0.05) is 6.04 Å². The number of thioether (sulfide) groups is 1. The van der Waals surface area contributed by atoms with Gasteiger partial charge in [0.15, 0.2) is 16.7 Å². The van der Waals surface area contributed by atoms with Crippen LogP contribution in [0, 0.1) is 0 Å². The Kier molecular flexibility index (Phi) is 5.62. The van der Waals surface area contributed by atoms with E-state index in [9.17, 15) is 4.79 Å². The number of fused-ring (bicyclic) bond motifs is 1. The SMILES string of the molecule is CCc1ccccc1N1C(=O)/C(=C/c2ccc3c(c2)OCCO3)S/C1=N\C(C)C. The molecule has 0 aromatic heterocycles. The molecular weight excluding hydrogens is 384 g/mol. The molecule has 0 spiro atoms. The highest BCUT2D eigenvalue weighted by Gasteiger charge is 2.35. The lowest BCUT2D eigenvalue weighted by atomic mass is 10.1. The maximum atomic E-state index is 13.4. The molecule has 0 aliphatic carbocycles. The summed E-state index contributed by atoms with van der Waals surface area (Å²) in [5, 5.41) is 0.717. The second kappa shape index (κ2) is 8.33. The Labute approximate surface area is 175 Å². The monoisotopic (exact) mass is 408 g/mol. The molecule has 1 fully saturated rings. The number of aliphatic imine (C=N–C) groups is 1. The number of hydrogen-bond donors (Lipinski definition) is 0. The zero-order chi connectivity index (χ0) is 20.4. The van der Waals surface area contributed by atoms with Gasteiger partial charge in [-0.3, -0.25) is 14.7 Å². The molecule has 0 radical (unpaired) electrons. The summed E-state index contributed by atoms with van der Waals surface area (Å²) in [6.07, 6.45) is 2.75. The van der Waals surface area contributed by atoms with E-state index in [1.54, 1.807) is 4.90 Å². The minimum absolute atomic E-state index is 0.0508. The number of carbonyl (C=O) groups excluding carboxylic acids is 1. The third kappa shape index (κ3) is 4.03. The molecule has 0 unspecified atom stereocenters. The first-order valence-corrected chi connectivity index (χ1v) is 10.7. The van der Waals surface area contributed by atoms with E-state index < -0.39 is 0 Å². The number of para-hydroxylation sites is 1. The fourth-order valence-electron chi connectivity index (χ4n) is 3.32. The maximum absolute atomic E-state index is 13.4. The minimum Gasteiger partial charge on any atom is -0.486 e. The number of anilines is 1. The summed E-state index contributed by atoms with van der Waals surface area (Å²) in [6.45, 7) is 7.22. The quantitative estimate of drug-likeness (QED) is 0.675. The van der Waals surface area contributed by atoms with Gasteiger partial charge in [-0.05, 0) is 67.4 Å². The topological polar surface area (TPSA) is 51.1 Å². The number of rotatable bonds is 4. The first-order chi connectivity index (χ1) is 14.1. The van der Waals surface area contributed by atoms with E-state index in [1.165, 1.54) is 11.8 Å². The Morgan fingerprint density at radius 1 is 1.14 bits per heavy atom. The number of amides is 1. The van der Waals surface area contributed by atoms with Crippen LogP contribution in [0.2, 0.25) is 0 Å². The van der Waals surface area contributed by atoms with E-state index in [-0.39, 0.29) is 11.9 Å². The van der Waals surface area contributed by atoms with E-state index in [2.05, 4.69) is 13.0 Å². The van der Waals surface area contributed by atoms with Crippen molar-refractivity contribution in [3.8, 4) is 11.5 Å². The van der Waals surface area contributed by atoms with Crippen LogP contribution in [0.3, 0.4) is 0 Å². The zero-order valence-corrected chi connectivity index (χ0v) is 17.7. The van der Waals surface area contributed by atoms with Gasteiger partial charge in [0.1, 0.15) is 13.2 Å². The van der Waals surface area contributed by atoms with Crippen molar-refractivity contribution in [2.45, 2.75) is 33.2 Å². The zero-order valence-electron chi connectivity index (χ0n) is 16.8. The number of carbonyl (C=O) groups is 1. The van der Waals surface area contributed by atoms with Crippen molar-refractivity contribution in [2.24, 2.45) is 4.99 Å². The van der Waals surface area contributed by atoms with Gasteiger partial charge in [-0.15, -0.1) is 0 Å². The number of nitrogens with zero attached hydrogens (tertiary/aromatic N) is 2. The average molecular weight is 409 g/mol. The predicted octanol–water partition coefficient (Wildman–Crippen LogP) is 4.91. The van der Waals surface area contributed by atoms with Crippen molar-refractivity contribution in [2.75, 3.05) is 18.1 Å². The van der Waals surface area contributed by atoms with Crippen LogP contribution in [-0.4, -0.2) is 30.3 Å². The number of ether oxygens (including phenoxy) is 2. The van der Waals surface area contributed by atoms with Gasteiger partial charge in [0.05, 0.1) is 10.6 Å². The van der Waals surface area contributed by atoms with Crippen LogP contribution in [0.25, 0.3) is 6.08 Å². The molecular formula is C23H24N2O3S. The van der Waals surface area contributed by atoms with Crippen molar-refractivity contribution in [3.05, 3.63) is 58.5 Å². The Morgan fingerprint density at radius 2 is 1.90 bits per heavy atom. The van der Waals surface area contributed by atoms with Gasteiger partial charge in [0.2, 0.25) is 0 Å². The second-order valence-electron chi connectivity index (χ2n) is 7.14. The largest absolute Gasteiger partial charge is 0.486 e. The van der Waals surface area contributed by atoms with Crippen LogP contribution in [0.5, 0.6) is 11.5 Å². The van der Waals surface area contributed by atoms with Crippen LogP contribution < -0.4 is 14.4 Å². The summed E-state index contributed by atoms with van der Waals surface area (Å²) in [6, 6.07) is 13.8. The Morgan fingerprint density at radius 3 is 2.66 bits per heavy atom. The Hall–Kier alpha value is -2.73. The van der Waals surface area contributed by atoms with E-state index in [1.807, 2.05) is 56.3 Å². The highest BCUT2D eigenvalue weighted by Crippen LogP contribution is 2.39. The third-order valence-electron chi connectivity index (χ3n) is 4.65. The molecule has 5 nitrogen and oxygen atoms in total. The summed E-state index contributed by atoms with van der Waals surface area (Å²) in [4.78, 5) is 20.5. The molecule has 150 valence electrons. The van der Waals surface area contributed by atoms with Crippen molar-refractivity contribution in [1.29, 1.82) is 0 Å². The molecule has 0 saturated carbocycles. The molecule has 0 bridgehead atoms. The van der Waals surface area contributed by atoms with Crippen molar-refractivity contribution < 1.29 is 14.3 Å². The van der Waals surface area contributed by atoms with Crippen LogP contribution in [0.4, 0.5) is 5.69 Å². The van der Waals surface area contributed by atoms with E-state index in [4.69, 9.17) is 14.5 Å².